The van der Waals surface area contributed by atoms with E-state index in [1.165, 1.54) is 0 Å². The van der Waals surface area contributed by atoms with Crippen LogP contribution in [0.25, 0.3) is 10.9 Å². The summed E-state index contributed by atoms with van der Waals surface area (Å²) in [4.78, 5) is 19.7. The van der Waals surface area contributed by atoms with Gasteiger partial charge in [-0.15, -0.1) is 0 Å². The van der Waals surface area contributed by atoms with E-state index in [4.69, 9.17) is 0 Å². The summed E-state index contributed by atoms with van der Waals surface area (Å²) in [6.07, 6.45) is 0. The van der Waals surface area contributed by atoms with E-state index in [1.54, 1.807) is 0 Å². The third-order valence-electron chi connectivity index (χ3n) is 4.67. The maximum Gasteiger partial charge on any atom is 0.325 e. The van der Waals surface area contributed by atoms with Crippen LogP contribution in [0.5, 0.6) is 0 Å². The summed E-state index contributed by atoms with van der Waals surface area (Å²) in [5, 5.41) is 10.9. The summed E-state index contributed by atoms with van der Waals surface area (Å²) >= 11 is 0. The number of hydrogen-bond donors (Lipinski definition) is 2. The minimum absolute atomic E-state index is 0.574. The van der Waals surface area contributed by atoms with Crippen molar-refractivity contribution in [3.63, 3.8) is 0 Å². The molecule has 0 unspecified atom stereocenters. The molecule has 1 atom stereocenters. The van der Waals surface area contributed by atoms with Crippen molar-refractivity contribution in [2.45, 2.75) is 19.9 Å². The molecule has 0 aliphatic carbocycles. The van der Waals surface area contributed by atoms with Crippen molar-refractivity contribution in [1.82, 2.24) is 14.8 Å². The molecule has 1 aliphatic rings. The molecule has 1 fully saturated rings. The molecular weight excluding hydrogens is 278 g/mol. The summed E-state index contributed by atoms with van der Waals surface area (Å²) < 4.78 is 0. The molecule has 1 aromatic carbocycles. The zero-order chi connectivity index (χ0) is 15.7. The first-order chi connectivity index (χ1) is 10.6. The fourth-order valence-electron chi connectivity index (χ4n) is 3.45. The molecular formula is C17H23N3O2. The van der Waals surface area contributed by atoms with Crippen LogP contribution in [0, 0.1) is 6.92 Å². The van der Waals surface area contributed by atoms with Crippen molar-refractivity contribution in [3.05, 3.63) is 35.5 Å². The van der Waals surface area contributed by atoms with Gasteiger partial charge >= 0.3 is 5.97 Å². The fourth-order valence-corrected chi connectivity index (χ4v) is 3.45. The van der Waals surface area contributed by atoms with Gasteiger partial charge in [0.2, 0.25) is 0 Å². The number of nitrogens with one attached hydrogen (secondary N) is 1. The molecule has 1 saturated heterocycles. The predicted octanol–water partition coefficient (Wildman–Crippen LogP) is 2.24. The minimum atomic E-state index is -0.766. The van der Waals surface area contributed by atoms with Gasteiger partial charge in [0.1, 0.15) is 6.04 Å². The van der Waals surface area contributed by atoms with Gasteiger partial charge in [-0.1, -0.05) is 25.1 Å². The van der Waals surface area contributed by atoms with Gasteiger partial charge in [0, 0.05) is 48.3 Å². The average Bonchev–Trinajstić information content (AvgIpc) is 2.84. The number of rotatable bonds is 4. The van der Waals surface area contributed by atoms with Gasteiger partial charge in [0.05, 0.1) is 0 Å². The highest BCUT2D eigenvalue weighted by molar-refractivity contribution is 5.90. The highest BCUT2D eigenvalue weighted by atomic mass is 16.4. The monoisotopic (exact) mass is 301 g/mol. The number of fused-ring (bicyclic) bond motifs is 1. The molecule has 22 heavy (non-hydrogen) atoms. The number of H-pyrrole nitrogens is 1. The predicted molar refractivity (Wildman–Crippen MR) is 87.1 cm³/mol. The van der Waals surface area contributed by atoms with Crippen LogP contribution in [0.2, 0.25) is 0 Å². The van der Waals surface area contributed by atoms with Crippen molar-refractivity contribution in [1.29, 1.82) is 0 Å². The van der Waals surface area contributed by atoms with E-state index >= 15 is 0 Å². The molecule has 2 N–H and O–H groups in total. The number of nitrogens with zero attached hydrogens (tertiary/aromatic N) is 2. The number of para-hydroxylation sites is 1. The number of hydrogen-bond acceptors (Lipinski definition) is 3. The smallest absolute Gasteiger partial charge is 0.325 e. The molecule has 118 valence electrons. The zero-order valence-electron chi connectivity index (χ0n) is 13.2. The standard InChI is InChI=1S/C17H23N3O2/c1-3-19-8-10-20(11-9-19)16(17(21)22)15-12(2)18-14-7-5-4-6-13(14)15/h4-7,16,18H,3,8-11H2,1-2H3,(H,21,22)/t16-/m1/s1. The number of aromatic amines is 1. The van der Waals surface area contributed by atoms with Gasteiger partial charge in [-0.2, -0.15) is 0 Å². The molecule has 0 saturated carbocycles. The van der Waals surface area contributed by atoms with Gasteiger partial charge in [-0.3, -0.25) is 9.69 Å². The molecule has 5 heteroatoms. The number of piperazine rings is 1. The minimum Gasteiger partial charge on any atom is -0.480 e. The number of aromatic nitrogens is 1. The molecule has 0 amide bonds. The first kappa shape index (κ1) is 15.1. The Balaban J connectivity index is 1.97. The van der Waals surface area contributed by atoms with E-state index in [0.29, 0.717) is 0 Å². The van der Waals surface area contributed by atoms with Gasteiger partial charge in [-0.25, -0.2) is 0 Å². The van der Waals surface area contributed by atoms with Crippen molar-refractivity contribution < 1.29 is 9.90 Å². The molecule has 2 heterocycles. The second-order valence-corrected chi connectivity index (χ2v) is 5.92. The van der Waals surface area contributed by atoms with E-state index in [-0.39, 0.29) is 0 Å². The summed E-state index contributed by atoms with van der Waals surface area (Å²) in [6, 6.07) is 7.37. The summed E-state index contributed by atoms with van der Waals surface area (Å²) in [6.45, 7) is 8.59. The Morgan fingerprint density at radius 2 is 1.95 bits per heavy atom. The molecule has 2 aromatic rings. The highest BCUT2D eigenvalue weighted by Crippen LogP contribution is 2.32. The summed E-state index contributed by atoms with van der Waals surface area (Å²) in [7, 11) is 0. The second kappa shape index (κ2) is 6.10. The fraction of sp³-hybridized carbons (Fsp3) is 0.471. The number of carboxylic acids is 1. The first-order valence-electron chi connectivity index (χ1n) is 7.88. The van der Waals surface area contributed by atoms with Crippen molar-refractivity contribution in [2.75, 3.05) is 32.7 Å². The van der Waals surface area contributed by atoms with Crippen LogP contribution in [0.4, 0.5) is 0 Å². The third kappa shape index (κ3) is 2.62. The van der Waals surface area contributed by atoms with Crippen LogP contribution in [-0.2, 0) is 4.79 Å². The van der Waals surface area contributed by atoms with Crippen LogP contribution in [0.3, 0.4) is 0 Å². The summed E-state index contributed by atoms with van der Waals surface area (Å²) in [5.41, 5.74) is 2.87. The molecule has 5 nitrogen and oxygen atoms in total. The van der Waals surface area contributed by atoms with Gasteiger partial charge < -0.3 is 15.0 Å². The van der Waals surface area contributed by atoms with E-state index in [0.717, 1.165) is 54.9 Å². The molecule has 3 rings (SSSR count). The lowest BCUT2D eigenvalue weighted by atomic mass is 10.0. The average molecular weight is 301 g/mol. The van der Waals surface area contributed by atoms with E-state index < -0.39 is 12.0 Å². The van der Waals surface area contributed by atoms with Crippen LogP contribution >= 0.6 is 0 Å². The lowest BCUT2D eigenvalue weighted by Crippen LogP contribution is -2.49. The zero-order valence-corrected chi connectivity index (χ0v) is 13.2. The van der Waals surface area contributed by atoms with Crippen LogP contribution < -0.4 is 0 Å². The Kier molecular flexibility index (Phi) is 4.18. The normalized spacial score (nSPS) is 18.6. The van der Waals surface area contributed by atoms with Gasteiger partial charge in [0.25, 0.3) is 0 Å². The maximum absolute atomic E-state index is 12.0. The number of carboxylic acid groups (broad SMARTS) is 1. The van der Waals surface area contributed by atoms with E-state index in [1.807, 2.05) is 31.2 Å². The van der Waals surface area contributed by atoms with Crippen LogP contribution in [0.15, 0.2) is 24.3 Å². The number of aryl methyl sites for hydroxylation is 1. The third-order valence-corrected chi connectivity index (χ3v) is 4.67. The Morgan fingerprint density at radius 1 is 1.27 bits per heavy atom. The lowest BCUT2D eigenvalue weighted by Gasteiger charge is -2.37. The van der Waals surface area contributed by atoms with Crippen LogP contribution in [0.1, 0.15) is 24.2 Å². The molecule has 1 aliphatic heterocycles. The van der Waals surface area contributed by atoms with E-state index in [9.17, 15) is 9.90 Å². The topological polar surface area (TPSA) is 59.6 Å². The molecule has 0 radical (unpaired) electrons. The van der Waals surface area contributed by atoms with Crippen molar-refractivity contribution in [2.24, 2.45) is 0 Å². The maximum atomic E-state index is 12.0. The Morgan fingerprint density at radius 3 is 2.59 bits per heavy atom. The number of carbonyl (C=O) groups is 1. The van der Waals surface area contributed by atoms with Crippen molar-refractivity contribution >= 4 is 16.9 Å². The quantitative estimate of drug-likeness (QED) is 0.909. The largest absolute Gasteiger partial charge is 0.480 e. The number of benzene rings is 1. The lowest BCUT2D eigenvalue weighted by molar-refractivity contribution is -0.144. The van der Waals surface area contributed by atoms with Crippen LogP contribution in [-0.4, -0.2) is 58.6 Å². The SMILES string of the molecule is CCN1CCN([C@@H](C(=O)O)c2c(C)[nH]c3ccccc23)CC1. The van der Waals surface area contributed by atoms with Gasteiger partial charge in [-0.05, 0) is 19.5 Å². The first-order valence-corrected chi connectivity index (χ1v) is 7.88. The second-order valence-electron chi connectivity index (χ2n) is 5.92. The Hall–Kier alpha value is -1.85. The Labute approximate surface area is 130 Å². The van der Waals surface area contributed by atoms with Gasteiger partial charge in [0.15, 0.2) is 0 Å². The highest BCUT2D eigenvalue weighted by Gasteiger charge is 2.33. The molecule has 0 spiro atoms. The summed E-state index contributed by atoms with van der Waals surface area (Å²) in [5.74, 6) is -0.766. The number of likely N-dealkylation sites (N-methyl/N-ethyl adjacent to an activating group) is 1. The number of aliphatic carboxylic acids is 1. The molecule has 0 bridgehead atoms. The Bertz CT molecular complexity index is 672. The van der Waals surface area contributed by atoms with E-state index in [2.05, 4.69) is 21.7 Å². The molecule has 1 aromatic heterocycles. The van der Waals surface area contributed by atoms with Crippen molar-refractivity contribution in [3.8, 4) is 0 Å².